The normalized spacial score (nSPS) is 24.5. The second-order valence-corrected chi connectivity index (χ2v) is 7.90. The predicted octanol–water partition coefficient (Wildman–Crippen LogP) is 3.54. The van der Waals surface area contributed by atoms with E-state index in [1.54, 1.807) is 16.8 Å². The van der Waals surface area contributed by atoms with E-state index in [0.717, 1.165) is 43.4 Å². The molecule has 148 valence electrons. The van der Waals surface area contributed by atoms with E-state index in [9.17, 15) is 0 Å². The van der Waals surface area contributed by atoms with E-state index in [4.69, 9.17) is 21.3 Å². The van der Waals surface area contributed by atoms with Crippen LogP contribution in [0.25, 0.3) is 0 Å². The Hall–Kier alpha value is -2.60. The summed E-state index contributed by atoms with van der Waals surface area (Å²) >= 11 is 0. The molecule has 1 aromatic heterocycles. The Bertz CT molecular complexity index is 921. The van der Waals surface area contributed by atoms with Gasteiger partial charge in [0.05, 0.1) is 6.20 Å². The van der Waals surface area contributed by atoms with Crippen LogP contribution in [0.1, 0.15) is 62.3 Å². The van der Waals surface area contributed by atoms with Crippen molar-refractivity contribution in [2.75, 3.05) is 6.54 Å². The number of benzene rings is 1. The quantitative estimate of drug-likeness (QED) is 0.550. The number of nitrogens with one attached hydrogen (secondary N) is 2. The van der Waals surface area contributed by atoms with Gasteiger partial charge in [0, 0.05) is 18.6 Å². The Kier molecular flexibility index (Phi) is 5.22. The smallest absolute Gasteiger partial charge is 0.204 e. The maximum Gasteiger partial charge on any atom is 0.204 e. The summed E-state index contributed by atoms with van der Waals surface area (Å²) in [6, 6.07) is 12.1. The molecule has 0 saturated carbocycles. The fraction of sp³-hybridized carbons (Fsp3) is 0.455. The van der Waals surface area contributed by atoms with Crippen LogP contribution in [0.5, 0.6) is 5.75 Å². The molecule has 4 N–H and O–H groups in total. The average Bonchev–Trinajstić information content (AvgIpc) is 2.71. The van der Waals surface area contributed by atoms with Crippen LogP contribution < -0.4 is 16.0 Å². The number of hydrogen-bond donors (Lipinski definition) is 3. The van der Waals surface area contributed by atoms with Gasteiger partial charge in [-0.2, -0.15) is 0 Å². The topological polar surface area (TPSA) is 91.1 Å². The largest absolute Gasteiger partial charge is 0.484 e. The molecule has 6 nitrogen and oxygen atoms in total. The monoisotopic (exact) mass is 379 g/mol. The number of rotatable bonds is 2. The minimum atomic E-state index is -0.0517. The molecule has 1 fully saturated rings. The number of nitrogens with zero attached hydrogens (tertiary/aromatic N) is 2. The number of pyridine rings is 1. The molecule has 0 amide bonds. The highest BCUT2D eigenvalue weighted by Gasteiger charge is 2.27. The molecule has 1 aliphatic carbocycles. The molecule has 2 unspecified atom stereocenters. The number of hydrogen-bond acceptors (Lipinski definition) is 4. The Morgan fingerprint density at radius 1 is 1.07 bits per heavy atom. The molecule has 0 bridgehead atoms. The molecule has 2 aliphatic rings. The lowest BCUT2D eigenvalue weighted by Gasteiger charge is -2.35. The number of aromatic nitrogens is 1. The summed E-state index contributed by atoms with van der Waals surface area (Å²) in [7, 11) is 0. The first-order valence-electron chi connectivity index (χ1n) is 10.2. The van der Waals surface area contributed by atoms with Gasteiger partial charge in [-0.15, -0.1) is 0 Å². The zero-order valence-electron chi connectivity index (χ0n) is 16.4. The third-order valence-electron chi connectivity index (χ3n) is 5.99. The third kappa shape index (κ3) is 3.56. The number of ether oxygens (including phenoxy) is 1. The molecular weight excluding hydrogens is 350 g/mol. The zero-order valence-corrected chi connectivity index (χ0v) is 16.4. The van der Waals surface area contributed by atoms with Crippen LogP contribution in [0.15, 0.2) is 42.6 Å². The predicted molar refractivity (Wildman–Crippen MR) is 109 cm³/mol. The highest BCUT2D eigenvalue weighted by Crippen LogP contribution is 2.37. The molecule has 1 aliphatic heterocycles. The van der Waals surface area contributed by atoms with E-state index < -0.39 is 0 Å². The van der Waals surface area contributed by atoms with Crippen LogP contribution in [-0.2, 0) is 0 Å². The Labute approximate surface area is 166 Å². The van der Waals surface area contributed by atoms with Crippen LogP contribution in [0.2, 0.25) is 0 Å². The minimum Gasteiger partial charge on any atom is -0.484 e. The van der Waals surface area contributed by atoms with Crippen LogP contribution in [0, 0.1) is 10.8 Å². The van der Waals surface area contributed by atoms with E-state index in [2.05, 4.69) is 24.0 Å². The SMILES string of the molecule is C[C@H]1CCCCN1C(=N)n1cc(OC2CCC(N)c3ccccc32)ccc1=N. The lowest BCUT2D eigenvalue weighted by atomic mass is 9.86. The maximum atomic E-state index is 8.65. The van der Waals surface area contributed by atoms with Gasteiger partial charge in [-0.25, -0.2) is 0 Å². The number of fused-ring (bicyclic) bond motifs is 1. The zero-order chi connectivity index (χ0) is 19.7. The fourth-order valence-corrected chi connectivity index (χ4v) is 4.35. The summed E-state index contributed by atoms with van der Waals surface area (Å²) in [4.78, 5) is 2.08. The molecule has 4 rings (SSSR count). The van der Waals surface area contributed by atoms with Gasteiger partial charge in [0.1, 0.15) is 17.3 Å². The second-order valence-electron chi connectivity index (χ2n) is 7.90. The van der Waals surface area contributed by atoms with Gasteiger partial charge in [0.15, 0.2) is 0 Å². The molecule has 0 radical (unpaired) electrons. The molecular formula is C22H29N5O. The van der Waals surface area contributed by atoms with Gasteiger partial charge in [-0.1, -0.05) is 24.3 Å². The van der Waals surface area contributed by atoms with Crippen molar-refractivity contribution in [3.05, 3.63) is 59.2 Å². The first kappa shape index (κ1) is 18.7. The van der Waals surface area contributed by atoms with Gasteiger partial charge >= 0.3 is 0 Å². The Morgan fingerprint density at radius 3 is 2.64 bits per heavy atom. The van der Waals surface area contributed by atoms with Gasteiger partial charge in [-0.05, 0) is 62.3 Å². The van der Waals surface area contributed by atoms with Crippen molar-refractivity contribution in [3.63, 3.8) is 0 Å². The lowest BCUT2D eigenvalue weighted by Crippen LogP contribution is -2.47. The molecule has 0 spiro atoms. The number of piperidine rings is 1. The number of nitrogens with two attached hydrogens (primary N) is 1. The summed E-state index contributed by atoms with van der Waals surface area (Å²) in [5, 5.41) is 16.9. The van der Waals surface area contributed by atoms with Gasteiger partial charge in [0.25, 0.3) is 0 Å². The highest BCUT2D eigenvalue weighted by atomic mass is 16.5. The fourth-order valence-electron chi connectivity index (χ4n) is 4.35. The van der Waals surface area contributed by atoms with Crippen molar-refractivity contribution in [3.8, 4) is 5.75 Å². The van der Waals surface area contributed by atoms with E-state index >= 15 is 0 Å². The van der Waals surface area contributed by atoms with E-state index in [-0.39, 0.29) is 12.1 Å². The van der Waals surface area contributed by atoms with Crippen molar-refractivity contribution < 1.29 is 4.74 Å². The van der Waals surface area contributed by atoms with Crippen LogP contribution in [-0.4, -0.2) is 28.0 Å². The van der Waals surface area contributed by atoms with Crippen molar-refractivity contribution in [1.82, 2.24) is 9.47 Å². The minimum absolute atomic E-state index is 0.0517. The number of likely N-dealkylation sites (tertiary alicyclic amines) is 1. The highest BCUT2D eigenvalue weighted by molar-refractivity contribution is 5.79. The van der Waals surface area contributed by atoms with Crippen molar-refractivity contribution in [1.29, 1.82) is 10.8 Å². The summed E-state index contributed by atoms with van der Waals surface area (Å²) in [5.74, 6) is 1.04. The lowest BCUT2D eigenvalue weighted by molar-refractivity contribution is 0.175. The van der Waals surface area contributed by atoms with Crippen LogP contribution in [0.3, 0.4) is 0 Å². The summed E-state index contributed by atoms with van der Waals surface area (Å²) in [6.07, 6.45) is 6.87. The van der Waals surface area contributed by atoms with Gasteiger partial charge in [-0.3, -0.25) is 15.4 Å². The molecule has 28 heavy (non-hydrogen) atoms. The molecule has 1 aromatic carbocycles. The molecule has 3 atom stereocenters. The average molecular weight is 380 g/mol. The van der Waals surface area contributed by atoms with Crippen molar-refractivity contribution >= 4 is 5.96 Å². The summed E-state index contributed by atoms with van der Waals surface area (Å²) < 4.78 is 7.94. The summed E-state index contributed by atoms with van der Waals surface area (Å²) in [6.45, 7) is 3.02. The van der Waals surface area contributed by atoms with Gasteiger partial charge < -0.3 is 15.4 Å². The van der Waals surface area contributed by atoms with Crippen LogP contribution >= 0.6 is 0 Å². The van der Waals surface area contributed by atoms with Crippen LogP contribution in [0.4, 0.5) is 0 Å². The third-order valence-corrected chi connectivity index (χ3v) is 5.99. The first-order valence-corrected chi connectivity index (χ1v) is 10.2. The maximum absolute atomic E-state index is 8.65. The standard InChI is InChI=1S/C22H29N5O/c1-15-6-4-5-13-26(15)22(25)27-14-16(9-12-21(27)24)28-20-11-10-19(23)17-7-2-3-8-18(17)20/h2-3,7-9,12,14-15,19-20,24-25H,4-6,10-11,13,23H2,1H3/t15-,19?,20?/m0/s1. The molecule has 2 aromatic rings. The molecule has 1 saturated heterocycles. The van der Waals surface area contributed by atoms with E-state index in [0.29, 0.717) is 23.2 Å². The summed E-state index contributed by atoms with van der Waals surface area (Å²) in [5.41, 5.74) is 8.85. The van der Waals surface area contributed by atoms with Gasteiger partial charge in [0.2, 0.25) is 5.96 Å². The first-order chi connectivity index (χ1) is 13.5. The Morgan fingerprint density at radius 2 is 1.86 bits per heavy atom. The Balaban J connectivity index is 1.59. The molecule has 2 heterocycles. The van der Waals surface area contributed by atoms with E-state index in [1.807, 2.05) is 18.2 Å². The second kappa shape index (κ2) is 7.80. The van der Waals surface area contributed by atoms with E-state index in [1.165, 1.54) is 6.42 Å². The molecule has 6 heteroatoms. The van der Waals surface area contributed by atoms with Crippen molar-refractivity contribution in [2.24, 2.45) is 5.73 Å². The van der Waals surface area contributed by atoms with Crippen molar-refractivity contribution in [2.45, 2.75) is 57.2 Å².